The molecule has 4 nitrogen and oxygen atoms in total. The van der Waals surface area contributed by atoms with E-state index in [9.17, 15) is 9.59 Å². The number of nitrogens with zero attached hydrogens (tertiary/aromatic N) is 1. The van der Waals surface area contributed by atoms with Crippen molar-refractivity contribution in [2.45, 2.75) is 19.3 Å². The van der Waals surface area contributed by atoms with Crippen LogP contribution in [-0.2, 0) is 4.79 Å². The molecule has 1 aromatic rings. The van der Waals surface area contributed by atoms with Crippen LogP contribution < -0.4 is 5.32 Å². The van der Waals surface area contributed by atoms with Gasteiger partial charge in [-0.1, -0.05) is 37.3 Å². The Hall–Kier alpha value is -1.84. The van der Waals surface area contributed by atoms with Crippen molar-refractivity contribution in [3.63, 3.8) is 0 Å². The largest absolute Gasteiger partial charge is 0.324 e. The number of hydrogen-bond donors (Lipinski definition) is 1. The molecule has 1 unspecified atom stereocenters. The van der Waals surface area contributed by atoms with Gasteiger partial charge in [0.1, 0.15) is 6.54 Å². The Balaban J connectivity index is 1.86. The molecule has 1 aromatic carbocycles. The van der Waals surface area contributed by atoms with E-state index in [1.807, 2.05) is 18.2 Å². The fraction of sp³-hybridized carbons (Fsp3) is 0.385. The topological polar surface area (TPSA) is 49.4 Å². The van der Waals surface area contributed by atoms with Crippen molar-refractivity contribution in [3.8, 4) is 0 Å². The summed E-state index contributed by atoms with van der Waals surface area (Å²) in [6, 6.07) is 9.91. The van der Waals surface area contributed by atoms with E-state index in [0.29, 0.717) is 12.5 Å². The molecule has 0 aromatic heterocycles. The second kappa shape index (κ2) is 4.99. The average Bonchev–Trinajstić information content (AvgIpc) is 2.66. The third-order valence-electron chi connectivity index (χ3n) is 3.07. The summed E-state index contributed by atoms with van der Waals surface area (Å²) >= 11 is 0. The Morgan fingerprint density at radius 2 is 2.00 bits per heavy atom. The van der Waals surface area contributed by atoms with Crippen LogP contribution in [0.3, 0.4) is 0 Å². The number of benzene rings is 1. The Labute approximate surface area is 101 Å². The molecule has 1 saturated heterocycles. The van der Waals surface area contributed by atoms with E-state index < -0.39 is 0 Å². The first-order chi connectivity index (χ1) is 8.16. The molecule has 1 heterocycles. The van der Waals surface area contributed by atoms with Crippen LogP contribution in [-0.4, -0.2) is 29.9 Å². The first-order valence-electron chi connectivity index (χ1n) is 5.80. The van der Waals surface area contributed by atoms with Crippen molar-refractivity contribution in [2.24, 2.45) is 0 Å². The van der Waals surface area contributed by atoms with Gasteiger partial charge < -0.3 is 4.90 Å². The van der Waals surface area contributed by atoms with Crippen LogP contribution in [0.1, 0.15) is 24.8 Å². The second-order valence-corrected chi connectivity index (χ2v) is 4.38. The number of amides is 3. The van der Waals surface area contributed by atoms with Crippen LogP contribution in [0.5, 0.6) is 0 Å². The van der Waals surface area contributed by atoms with Crippen molar-refractivity contribution < 1.29 is 9.59 Å². The van der Waals surface area contributed by atoms with E-state index in [4.69, 9.17) is 0 Å². The fourth-order valence-corrected chi connectivity index (χ4v) is 1.96. The summed E-state index contributed by atoms with van der Waals surface area (Å²) in [5.74, 6) is 0.182. The number of rotatable bonds is 4. The van der Waals surface area contributed by atoms with Crippen LogP contribution in [0.25, 0.3) is 0 Å². The van der Waals surface area contributed by atoms with Gasteiger partial charge in [-0.2, -0.15) is 0 Å². The summed E-state index contributed by atoms with van der Waals surface area (Å²) in [6.07, 6.45) is 0.866. The van der Waals surface area contributed by atoms with Crippen LogP contribution in [0.4, 0.5) is 4.79 Å². The van der Waals surface area contributed by atoms with Crippen molar-refractivity contribution in [2.75, 3.05) is 13.1 Å². The Bertz CT molecular complexity index is 417. The maximum absolute atomic E-state index is 11.3. The quantitative estimate of drug-likeness (QED) is 0.804. The van der Waals surface area contributed by atoms with Gasteiger partial charge in [0.25, 0.3) is 0 Å². The third-order valence-corrected chi connectivity index (χ3v) is 3.07. The van der Waals surface area contributed by atoms with E-state index in [1.54, 1.807) is 4.90 Å². The first kappa shape index (κ1) is 11.6. The molecule has 1 aliphatic rings. The van der Waals surface area contributed by atoms with Crippen LogP contribution in [0.2, 0.25) is 0 Å². The van der Waals surface area contributed by atoms with E-state index in [-0.39, 0.29) is 18.5 Å². The molecule has 1 atom stereocenters. The molecular weight excluding hydrogens is 216 g/mol. The molecule has 3 amide bonds. The predicted octanol–water partition coefficient (Wildman–Crippen LogP) is 1.73. The fourth-order valence-electron chi connectivity index (χ4n) is 1.96. The zero-order valence-corrected chi connectivity index (χ0v) is 9.85. The highest BCUT2D eigenvalue weighted by Gasteiger charge is 2.26. The molecule has 2 rings (SSSR count). The zero-order chi connectivity index (χ0) is 12.3. The number of carbonyl (C=O) groups is 2. The van der Waals surface area contributed by atoms with Gasteiger partial charge in [0.15, 0.2) is 0 Å². The normalized spacial score (nSPS) is 17.1. The lowest BCUT2D eigenvalue weighted by atomic mass is 9.98. The van der Waals surface area contributed by atoms with Gasteiger partial charge in [0.05, 0.1) is 0 Å². The second-order valence-electron chi connectivity index (χ2n) is 4.38. The van der Waals surface area contributed by atoms with Crippen molar-refractivity contribution in [1.82, 2.24) is 10.2 Å². The molecule has 0 saturated carbocycles. The van der Waals surface area contributed by atoms with Crippen LogP contribution in [0, 0.1) is 0 Å². The van der Waals surface area contributed by atoms with Gasteiger partial charge in [-0.15, -0.1) is 0 Å². The molecule has 1 aliphatic heterocycles. The highest BCUT2D eigenvalue weighted by Crippen LogP contribution is 2.19. The third kappa shape index (κ3) is 2.84. The number of hydrogen-bond acceptors (Lipinski definition) is 2. The van der Waals surface area contributed by atoms with Gasteiger partial charge >= 0.3 is 6.03 Å². The molecule has 17 heavy (non-hydrogen) atoms. The van der Waals surface area contributed by atoms with Gasteiger partial charge in [0, 0.05) is 6.54 Å². The number of urea groups is 1. The highest BCUT2D eigenvalue weighted by atomic mass is 16.2. The Morgan fingerprint density at radius 3 is 2.59 bits per heavy atom. The number of carbonyl (C=O) groups excluding carboxylic acids is 2. The van der Waals surface area contributed by atoms with Crippen LogP contribution >= 0.6 is 0 Å². The first-order valence-corrected chi connectivity index (χ1v) is 5.80. The summed E-state index contributed by atoms with van der Waals surface area (Å²) in [7, 11) is 0. The van der Waals surface area contributed by atoms with Crippen LogP contribution in [0.15, 0.2) is 30.3 Å². The van der Waals surface area contributed by atoms with Gasteiger partial charge in [-0.25, -0.2) is 4.79 Å². The molecule has 0 radical (unpaired) electrons. The number of nitrogens with one attached hydrogen (secondary N) is 1. The molecule has 0 bridgehead atoms. The molecule has 0 spiro atoms. The predicted molar refractivity (Wildman–Crippen MR) is 64.6 cm³/mol. The number of imide groups is 1. The monoisotopic (exact) mass is 232 g/mol. The van der Waals surface area contributed by atoms with Gasteiger partial charge in [0.2, 0.25) is 5.91 Å². The maximum Gasteiger partial charge on any atom is 0.324 e. The van der Waals surface area contributed by atoms with Crippen molar-refractivity contribution in [3.05, 3.63) is 35.9 Å². The SMILES string of the molecule is CC(CCN1CC(=O)NC1=O)c1ccccc1. The van der Waals surface area contributed by atoms with E-state index in [1.165, 1.54) is 5.56 Å². The minimum Gasteiger partial charge on any atom is -0.315 e. The molecule has 1 fully saturated rings. The minimum absolute atomic E-state index is 0.195. The standard InChI is InChI=1S/C13H16N2O2/c1-10(11-5-3-2-4-6-11)7-8-15-9-12(16)14-13(15)17/h2-6,10H,7-9H2,1H3,(H,14,16,17). The summed E-state index contributed by atoms with van der Waals surface area (Å²) in [4.78, 5) is 23.9. The Morgan fingerprint density at radius 1 is 1.29 bits per heavy atom. The van der Waals surface area contributed by atoms with Gasteiger partial charge in [-0.3, -0.25) is 10.1 Å². The zero-order valence-electron chi connectivity index (χ0n) is 9.85. The summed E-state index contributed by atoms with van der Waals surface area (Å²) in [6.45, 7) is 2.94. The highest BCUT2D eigenvalue weighted by molar-refractivity contribution is 6.01. The molecule has 1 N–H and O–H groups in total. The maximum atomic E-state index is 11.3. The lowest BCUT2D eigenvalue weighted by Crippen LogP contribution is -2.29. The molecule has 90 valence electrons. The average molecular weight is 232 g/mol. The smallest absolute Gasteiger partial charge is 0.315 e. The minimum atomic E-state index is -0.268. The lowest BCUT2D eigenvalue weighted by molar-refractivity contribution is -0.118. The molecular formula is C13H16N2O2. The summed E-state index contributed by atoms with van der Waals surface area (Å²) < 4.78 is 0. The summed E-state index contributed by atoms with van der Waals surface area (Å²) in [5, 5.41) is 2.28. The molecule has 4 heteroatoms. The van der Waals surface area contributed by atoms with E-state index >= 15 is 0 Å². The van der Waals surface area contributed by atoms with Crippen molar-refractivity contribution in [1.29, 1.82) is 0 Å². The van der Waals surface area contributed by atoms with Crippen molar-refractivity contribution >= 4 is 11.9 Å². The van der Waals surface area contributed by atoms with E-state index in [0.717, 1.165) is 6.42 Å². The van der Waals surface area contributed by atoms with E-state index in [2.05, 4.69) is 24.4 Å². The summed E-state index contributed by atoms with van der Waals surface area (Å²) in [5.41, 5.74) is 1.26. The van der Waals surface area contributed by atoms with Gasteiger partial charge in [-0.05, 0) is 17.9 Å². The Kier molecular flexibility index (Phi) is 3.42. The molecule has 0 aliphatic carbocycles. The lowest BCUT2D eigenvalue weighted by Gasteiger charge is -2.17.